The molecule has 2 rings (SSSR count). The molecular weight excluding hydrogens is 224 g/mol. The molecule has 1 aliphatic heterocycles. The molecule has 2 fully saturated rings. The molecule has 0 aromatic rings. The molecule has 4 N–H and O–H groups in total. The molecule has 1 heterocycles. The van der Waals surface area contributed by atoms with Gasteiger partial charge in [-0.2, -0.15) is 0 Å². The van der Waals surface area contributed by atoms with Gasteiger partial charge in [0.25, 0.3) is 0 Å². The van der Waals surface area contributed by atoms with Gasteiger partial charge in [-0.15, -0.1) is 0 Å². The molecule has 1 amide bonds. The van der Waals surface area contributed by atoms with Crippen LogP contribution < -0.4 is 10.6 Å². The average molecular weight is 242 g/mol. The molecular formula is C11H18N2O4. The Bertz CT molecular complexity index is 325. The minimum Gasteiger partial charge on any atom is -0.480 e. The van der Waals surface area contributed by atoms with Gasteiger partial charge in [-0.3, -0.25) is 4.79 Å². The van der Waals surface area contributed by atoms with Crippen LogP contribution in [0.1, 0.15) is 32.1 Å². The van der Waals surface area contributed by atoms with E-state index in [1.807, 2.05) is 0 Å². The molecule has 17 heavy (non-hydrogen) atoms. The number of aliphatic hydroxyl groups is 1. The Labute approximate surface area is 99.4 Å². The largest absolute Gasteiger partial charge is 0.480 e. The van der Waals surface area contributed by atoms with Gasteiger partial charge in [-0.1, -0.05) is 12.8 Å². The van der Waals surface area contributed by atoms with Crippen molar-refractivity contribution in [2.75, 3.05) is 6.54 Å². The fourth-order valence-corrected chi connectivity index (χ4v) is 2.61. The molecule has 6 heteroatoms. The zero-order valence-corrected chi connectivity index (χ0v) is 9.61. The summed E-state index contributed by atoms with van der Waals surface area (Å²) >= 11 is 0. The standard InChI is InChI=1S/C11H18N2O4/c14-7-5-8(12-6-7)9(15)13-11(10(16)17)3-1-2-4-11/h7-8,12,14H,1-6H2,(H,13,15)(H,16,17). The molecule has 2 atom stereocenters. The Morgan fingerprint density at radius 1 is 1.29 bits per heavy atom. The molecule has 0 aromatic carbocycles. The summed E-state index contributed by atoms with van der Waals surface area (Å²) in [4.78, 5) is 23.2. The first-order valence-corrected chi connectivity index (χ1v) is 6.00. The van der Waals surface area contributed by atoms with Gasteiger partial charge in [0.1, 0.15) is 5.54 Å². The Morgan fingerprint density at radius 3 is 2.41 bits per heavy atom. The highest BCUT2D eigenvalue weighted by molar-refractivity contribution is 5.90. The van der Waals surface area contributed by atoms with Gasteiger partial charge in [-0.05, 0) is 19.3 Å². The van der Waals surface area contributed by atoms with E-state index >= 15 is 0 Å². The van der Waals surface area contributed by atoms with E-state index < -0.39 is 23.7 Å². The van der Waals surface area contributed by atoms with E-state index in [0.29, 0.717) is 25.8 Å². The molecule has 2 aliphatic rings. The lowest BCUT2D eigenvalue weighted by Gasteiger charge is -2.26. The molecule has 1 aliphatic carbocycles. The third-order valence-electron chi connectivity index (χ3n) is 3.65. The zero-order valence-electron chi connectivity index (χ0n) is 9.61. The first-order chi connectivity index (χ1) is 8.03. The third-order valence-corrected chi connectivity index (χ3v) is 3.65. The quantitative estimate of drug-likeness (QED) is 0.520. The van der Waals surface area contributed by atoms with Crippen molar-refractivity contribution in [2.24, 2.45) is 0 Å². The lowest BCUT2D eigenvalue weighted by atomic mass is 9.97. The fraction of sp³-hybridized carbons (Fsp3) is 0.818. The van der Waals surface area contributed by atoms with Crippen LogP contribution in [0.15, 0.2) is 0 Å². The summed E-state index contributed by atoms with van der Waals surface area (Å²) in [5, 5.41) is 24.1. The molecule has 6 nitrogen and oxygen atoms in total. The molecule has 2 unspecified atom stereocenters. The number of carboxylic acids is 1. The Morgan fingerprint density at radius 2 is 1.94 bits per heavy atom. The van der Waals surface area contributed by atoms with Crippen LogP contribution >= 0.6 is 0 Å². The maximum atomic E-state index is 11.9. The maximum Gasteiger partial charge on any atom is 0.329 e. The smallest absolute Gasteiger partial charge is 0.329 e. The van der Waals surface area contributed by atoms with Gasteiger partial charge in [0, 0.05) is 6.54 Å². The van der Waals surface area contributed by atoms with Gasteiger partial charge in [0.2, 0.25) is 5.91 Å². The lowest BCUT2D eigenvalue weighted by molar-refractivity contribution is -0.147. The van der Waals surface area contributed by atoms with Gasteiger partial charge in [0.15, 0.2) is 0 Å². The second-order valence-corrected chi connectivity index (χ2v) is 4.93. The number of hydrogen-bond acceptors (Lipinski definition) is 4. The number of aliphatic hydroxyl groups excluding tert-OH is 1. The number of carbonyl (C=O) groups excluding carboxylic acids is 1. The maximum absolute atomic E-state index is 11.9. The molecule has 0 bridgehead atoms. The molecule has 1 saturated carbocycles. The average Bonchev–Trinajstić information content (AvgIpc) is 2.87. The van der Waals surface area contributed by atoms with Crippen molar-refractivity contribution in [3.05, 3.63) is 0 Å². The van der Waals surface area contributed by atoms with Crippen molar-refractivity contribution in [3.63, 3.8) is 0 Å². The summed E-state index contributed by atoms with van der Waals surface area (Å²) in [7, 11) is 0. The highest BCUT2D eigenvalue weighted by Gasteiger charge is 2.44. The van der Waals surface area contributed by atoms with Crippen LogP contribution in [-0.2, 0) is 9.59 Å². The zero-order chi connectivity index (χ0) is 12.5. The number of β-amino-alcohol motifs (C(OH)–C–C–N with tert-alkyl or cyclic N) is 1. The Balaban J connectivity index is 1.99. The molecule has 0 aromatic heterocycles. The van der Waals surface area contributed by atoms with Crippen LogP contribution in [0.4, 0.5) is 0 Å². The number of rotatable bonds is 3. The predicted molar refractivity (Wildman–Crippen MR) is 59.4 cm³/mol. The van der Waals surface area contributed by atoms with E-state index in [9.17, 15) is 19.8 Å². The predicted octanol–water partition coefficient (Wildman–Crippen LogP) is -0.777. The number of carboxylic acid groups (broad SMARTS) is 1. The van der Waals surface area contributed by atoms with Crippen molar-refractivity contribution in [2.45, 2.75) is 49.8 Å². The van der Waals surface area contributed by atoms with E-state index in [1.165, 1.54) is 0 Å². The molecule has 0 radical (unpaired) electrons. The van der Waals surface area contributed by atoms with Crippen LogP contribution in [-0.4, -0.2) is 46.3 Å². The summed E-state index contributed by atoms with van der Waals surface area (Å²) in [6.45, 7) is 0.387. The summed E-state index contributed by atoms with van der Waals surface area (Å²) in [5.74, 6) is -1.27. The van der Waals surface area contributed by atoms with Crippen LogP contribution in [0.2, 0.25) is 0 Å². The topological polar surface area (TPSA) is 98.7 Å². The molecule has 96 valence electrons. The van der Waals surface area contributed by atoms with Gasteiger partial charge < -0.3 is 20.8 Å². The number of carbonyl (C=O) groups is 2. The van der Waals surface area contributed by atoms with Gasteiger partial charge in [0.05, 0.1) is 12.1 Å². The van der Waals surface area contributed by atoms with Gasteiger partial charge in [-0.25, -0.2) is 4.79 Å². The van der Waals surface area contributed by atoms with Crippen molar-refractivity contribution in [3.8, 4) is 0 Å². The van der Waals surface area contributed by atoms with E-state index in [0.717, 1.165) is 12.8 Å². The van der Waals surface area contributed by atoms with Crippen LogP contribution in [0.25, 0.3) is 0 Å². The van der Waals surface area contributed by atoms with E-state index in [1.54, 1.807) is 0 Å². The minimum atomic E-state index is -1.09. The first kappa shape index (κ1) is 12.3. The van der Waals surface area contributed by atoms with Crippen molar-refractivity contribution < 1.29 is 19.8 Å². The number of aliphatic carboxylic acids is 1. The summed E-state index contributed by atoms with van der Waals surface area (Å²) in [6.07, 6.45) is 2.46. The minimum absolute atomic E-state index is 0.314. The van der Waals surface area contributed by atoms with Crippen molar-refractivity contribution in [1.29, 1.82) is 0 Å². The van der Waals surface area contributed by atoms with Crippen LogP contribution in [0, 0.1) is 0 Å². The monoisotopic (exact) mass is 242 g/mol. The molecule has 1 saturated heterocycles. The fourth-order valence-electron chi connectivity index (χ4n) is 2.61. The number of nitrogens with one attached hydrogen (secondary N) is 2. The second kappa shape index (κ2) is 4.62. The van der Waals surface area contributed by atoms with Gasteiger partial charge >= 0.3 is 5.97 Å². The van der Waals surface area contributed by atoms with Crippen molar-refractivity contribution in [1.82, 2.24) is 10.6 Å². The van der Waals surface area contributed by atoms with E-state index in [2.05, 4.69) is 10.6 Å². The lowest BCUT2D eigenvalue weighted by Crippen LogP contribution is -2.56. The highest BCUT2D eigenvalue weighted by Crippen LogP contribution is 2.30. The third kappa shape index (κ3) is 2.42. The Kier molecular flexibility index (Phi) is 3.35. The molecule has 0 spiro atoms. The Hall–Kier alpha value is -1.14. The second-order valence-electron chi connectivity index (χ2n) is 4.93. The highest BCUT2D eigenvalue weighted by atomic mass is 16.4. The van der Waals surface area contributed by atoms with E-state index in [4.69, 9.17) is 0 Å². The van der Waals surface area contributed by atoms with Crippen LogP contribution in [0.3, 0.4) is 0 Å². The SMILES string of the molecule is O=C(NC1(C(=O)O)CCCC1)C1CC(O)CN1. The van der Waals surface area contributed by atoms with Crippen LogP contribution in [0.5, 0.6) is 0 Å². The summed E-state index contributed by atoms with van der Waals surface area (Å²) < 4.78 is 0. The number of hydrogen-bond donors (Lipinski definition) is 4. The van der Waals surface area contributed by atoms with Crippen molar-refractivity contribution >= 4 is 11.9 Å². The first-order valence-electron chi connectivity index (χ1n) is 6.00. The normalized spacial score (nSPS) is 31.4. The summed E-state index contributed by atoms with van der Waals surface area (Å²) in [5.41, 5.74) is -1.09. The van der Waals surface area contributed by atoms with E-state index in [-0.39, 0.29) is 5.91 Å². The number of amides is 1. The summed E-state index contributed by atoms with van der Waals surface area (Å²) in [6, 6.07) is -0.471.